The van der Waals surface area contributed by atoms with E-state index >= 15 is 0 Å². The minimum atomic E-state index is -1.53. The second kappa shape index (κ2) is 13.9. The third kappa shape index (κ3) is 9.10. The number of H-pyrrole nitrogens is 1. The van der Waals surface area contributed by atoms with Crippen LogP contribution < -0.4 is 27.4 Å². The van der Waals surface area contributed by atoms with Crippen LogP contribution in [0.4, 0.5) is 0 Å². The lowest BCUT2D eigenvalue weighted by atomic mass is 10.0. The van der Waals surface area contributed by atoms with E-state index in [1.165, 1.54) is 0 Å². The van der Waals surface area contributed by atoms with Crippen molar-refractivity contribution in [1.29, 1.82) is 0 Å². The highest BCUT2D eigenvalue weighted by Crippen LogP contribution is 2.19. The summed E-state index contributed by atoms with van der Waals surface area (Å²) >= 11 is 0. The molecule has 212 valence electrons. The molecule has 1 heterocycles. The predicted molar refractivity (Wildman–Crippen MR) is 139 cm³/mol. The zero-order valence-corrected chi connectivity index (χ0v) is 21.6. The van der Waals surface area contributed by atoms with Crippen molar-refractivity contribution in [3.8, 4) is 0 Å². The molecule has 0 bridgehead atoms. The Hall–Kier alpha value is -4.46. The molecule has 14 heteroatoms. The second-order valence-corrected chi connectivity index (χ2v) is 9.46. The first-order chi connectivity index (χ1) is 18.3. The third-order valence-corrected chi connectivity index (χ3v) is 6.00. The predicted octanol–water partition coefficient (Wildman–Crippen LogP) is -1.03. The fourth-order valence-electron chi connectivity index (χ4n) is 3.87. The smallest absolute Gasteiger partial charge is 0.326 e. The number of amides is 4. The van der Waals surface area contributed by atoms with Crippen LogP contribution in [0.25, 0.3) is 10.9 Å². The van der Waals surface area contributed by atoms with Crippen LogP contribution >= 0.6 is 0 Å². The van der Waals surface area contributed by atoms with Gasteiger partial charge < -0.3 is 42.6 Å². The first kappa shape index (κ1) is 30.8. The third-order valence-electron chi connectivity index (χ3n) is 6.00. The zero-order valence-electron chi connectivity index (χ0n) is 21.6. The molecule has 0 aliphatic heterocycles. The normalized spacial score (nSPS) is 14.2. The van der Waals surface area contributed by atoms with Gasteiger partial charge in [0.15, 0.2) is 0 Å². The van der Waals surface area contributed by atoms with Gasteiger partial charge in [0.25, 0.3) is 0 Å². The van der Waals surface area contributed by atoms with E-state index in [1.54, 1.807) is 32.2 Å². The SMILES string of the molecule is CC(C)C(NC(=O)C(N)CCC(=O)O)C(=O)NC(CC(N)=O)C(=O)NC(Cc1c[nH]c2ccccc12)C(=O)O. The molecule has 2 aromatic rings. The molecule has 4 unspecified atom stereocenters. The van der Waals surface area contributed by atoms with E-state index < -0.39 is 72.1 Å². The number of primary amides is 1. The minimum absolute atomic E-state index is 0.0821. The molecule has 39 heavy (non-hydrogen) atoms. The number of aromatic amines is 1. The number of aromatic nitrogens is 1. The summed E-state index contributed by atoms with van der Waals surface area (Å²) in [5.41, 5.74) is 12.4. The lowest BCUT2D eigenvalue weighted by Crippen LogP contribution is -2.59. The number of carboxylic acid groups (broad SMARTS) is 2. The fourth-order valence-corrected chi connectivity index (χ4v) is 3.87. The maximum atomic E-state index is 13.0. The molecular formula is C25H34N6O8. The topological polar surface area (TPSA) is 247 Å². The van der Waals surface area contributed by atoms with Crippen LogP contribution in [0.3, 0.4) is 0 Å². The standard InChI is InChI=1S/C25H34N6O8/c1-12(2)21(31-22(35)15(26)7-8-20(33)34)24(37)29-17(10-19(27)32)23(36)30-18(25(38)39)9-13-11-28-16-6-4-3-5-14(13)16/h3-6,11-12,15,17-18,21,28H,7-10,26H2,1-2H3,(H2,27,32)(H,29,37)(H,30,36)(H,31,35)(H,33,34)(H,38,39). The maximum Gasteiger partial charge on any atom is 0.326 e. The summed E-state index contributed by atoms with van der Waals surface area (Å²) in [5.74, 6) is -6.46. The number of nitrogens with one attached hydrogen (secondary N) is 4. The highest BCUT2D eigenvalue weighted by atomic mass is 16.4. The summed E-state index contributed by atoms with van der Waals surface area (Å²) < 4.78 is 0. The van der Waals surface area contributed by atoms with Crippen molar-refractivity contribution in [2.45, 2.75) is 63.7 Å². The average molecular weight is 547 g/mol. The van der Waals surface area contributed by atoms with Gasteiger partial charge in [-0.1, -0.05) is 32.0 Å². The Kier molecular flexibility index (Phi) is 11.0. The quantitative estimate of drug-likeness (QED) is 0.136. The van der Waals surface area contributed by atoms with Gasteiger partial charge in [0.2, 0.25) is 23.6 Å². The molecule has 0 spiro atoms. The van der Waals surface area contributed by atoms with Gasteiger partial charge in [-0.2, -0.15) is 0 Å². The molecule has 4 atom stereocenters. The van der Waals surface area contributed by atoms with Crippen molar-refractivity contribution >= 4 is 46.5 Å². The molecule has 0 saturated carbocycles. The first-order valence-corrected chi connectivity index (χ1v) is 12.2. The second-order valence-electron chi connectivity index (χ2n) is 9.46. The Balaban J connectivity index is 2.15. The molecule has 0 aliphatic rings. The van der Waals surface area contributed by atoms with Crippen molar-refractivity contribution in [1.82, 2.24) is 20.9 Å². The van der Waals surface area contributed by atoms with Gasteiger partial charge in [0, 0.05) is 29.9 Å². The highest BCUT2D eigenvalue weighted by molar-refractivity contribution is 5.96. The van der Waals surface area contributed by atoms with E-state index in [-0.39, 0.29) is 19.3 Å². The Morgan fingerprint density at radius 1 is 0.923 bits per heavy atom. The average Bonchev–Trinajstić information content (AvgIpc) is 3.26. The summed E-state index contributed by atoms with van der Waals surface area (Å²) in [4.78, 5) is 75.8. The molecule has 0 aliphatic carbocycles. The number of benzene rings is 1. The van der Waals surface area contributed by atoms with Crippen molar-refractivity contribution in [2.24, 2.45) is 17.4 Å². The van der Waals surface area contributed by atoms with Gasteiger partial charge in [-0.05, 0) is 24.0 Å². The Morgan fingerprint density at radius 3 is 2.15 bits per heavy atom. The first-order valence-electron chi connectivity index (χ1n) is 12.2. The summed E-state index contributed by atoms with van der Waals surface area (Å²) in [7, 11) is 0. The van der Waals surface area contributed by atoms with Crippen LogP contribution in [0.1, 0.15) is 38.7 Å². The molecule has 2 rings (SSSR count). The van der Waals surface area contributed by atoms with Crippen molar-refractivity contribution in [3.05, 3.63) is 36.0 Å². The zero-order chi connectivity index (χ0) is 29.3. The largest absolute Gasteiger partial charge is 0.481 e. The summed E-state index contributed by atoms with van der Waals surface area (Å²) in [6, 6.07) is 1.90. The van der Waals surface area contributed by atoms with Crippen LogP contribution in [-0.4, -0.2) is 74.9 Å². The number of fused-ring (bicyclic) bond motifs is 1. The fraction of sp³-hybridized carbons (Fsp3) is 0.440. The van der Waals surface area contributed by atoms with E-state index in [0.29, 0.717) is 5.56 Å². The van der Waals surface area contributed by atoms with E-state index in [1.807, 2.05) is 12.1 Å². The molecule has 0 saturated heterocycles. The summed E-state index contributed by atoms with van der Waals surface area (Å²) in [6.07, 6.45) is 0.409. The number of aliphatic carboxylic acids is 2. The lowest BCUT2D eigenvalue weighted by Gasteiger charge is -2.26. The molecule has 1 aromatic heterocycles. The highest BCUT2D eigenvalue weighted by Gasteiger charge is 2.32. The van der Waals surface area contributed by atoms with Crippen LogP contribution in [-0.2, 0) is 35.2 Å². The van der Waals surface area contributed by atoms with Gasteiger partial charge in [0.05, 0.1) is 12.5 Å². The number of carbonyl (C=O) groups is 6. The van der Waals surface area contributed by atoms with E-state index in [4.69, 9.17) is 16.6 Å². The van der Waals surface area contributed by atoms with Crippen LogP contribution in [0.2, 0.25) is 0 Å². The van der Waals surface area contributed by atoms with Crippen molar-refractivity contribution in [3.63, 3.8) is 0 Å². The van der Waals surface area contributed by atoms with Crippen molar-refractivity contribution in [2.75, 3.05) is 0 Å². The van der Waals surface area contributed by atoms with Gasteiger partial charge in [-0.15, -0.1) is 0 Å². The number of hydrogen-bond acceptors (Lipinski definition) is 7. The number of para-hydroxylation sites is 1. The Labute approximate surface area is 223 Å². The van der Waals surface area contributed by atoms with Gasteiger partial charge in [-0.25, -0.2) is 4.79 Å². The molecular weight excluding hydrogens is 512 g/mol. The number of carbonyl (C=O) groups excluding carboxylic acids is 4. The molecule has 0 fully saturated rings. The Morgan fingerprint density at radius 2 is 1.56 bits per heavy atom. The van der Waals surface area contributed by atoms with Gasteiger partial charge in [-0.3, -0.25) is 24.0 Å². The van der Waals surface area contributed by atoms with E-state index in [9.17, 15) is 33.9 Å². The van der Waals surface area contributed by atoms with Gasteiger partial charge in [0.1, 0.15) is 18.1 Å². The van der Waals surface area contributed by atoms with Crippen LogP contribution in [0.5, 0.6) is 0 Å². The van der Waals surface area contributed by atoms with Crippen molar-refractivity contribution < 1.29 is 39.0 Å². The molecule has 14 nitrogen and oxygen atoms in total. The summed E-state index contributed by atoms with van der Waals surface area (Å²) in [5, 5.41) is 26.4. The minimum Gasteiger partial charge on any atom is -0.481 e. The molecule has 0 radical (unpaired) electrons. The van der Waals surface area contributed by atoms with Crippen LogP contribution in [0.15, 0.2) is 30.5 Å². The van der Waals surface area contributed by atoms with Gasteiger partial charge >= 0.3 is 11.9 Å². The maximum absolute atomic E-state index is 13.0. The number of rotatable bonds is 15. The number of nitrogens with two attached hydrogens (primary N) is 2. The van der Waals surface area contributed by atoms with E-state index in [2.05, 4.69) is 20.9 Å². The number of hydrogen-bond donors (Lipinski definition) is 8. The van der Waals surface area contributed by atoms with E-state index in [0.717, 1.165) is 10.9 Å². The number of carboxylic acids is 2. The summed E-state index contributed by atoms with van der Waals surface area (Å²) in [6.45, 7) is 3.22. The monoisotopic (exact) mass is 546 g/mol. The Bertz CT molecular complexity index is 1230. The molecule has 4 amide bonds. The van der Waals surface area contributed by atoms with Crippen LogP contribution in [0, 0.1) is 5.92 Å². The molecule has 10 N–H and O–H groups in total. The lowest BCUT2D eigenvalue weighted by molar-refractivity contribution is -0.142. The molecule has 1 aromatic carbocycles.